The zero-order valence-electron chi connectivity index (χ0n) is 7.37. The molecule has 0 aliphatic heterocycles. The van der Waals surface area contributed by atoms with Crippen molar-refractivity contribution < 1.29 is 5.11 Å². The van der Waals surface area contributed by atoms with Crippen LogP contribution in [-0.4, -0.2) is 22.7 Å². The van der Waals surface area contributed by atoms with Gasteiger partial charge in [0.1, 0.15) is 0 Å². The molecule has 0 saturated heterocycles. The normalized spacial score (nSPS) is 12.9. The summed E-state index contributed by atoms with van der Waals surface area (Å²) in [5.41, 5.74) is 0. The molecule has 1 heterocycles. The van der Waals surface area contributed by atoms with Gasteiger partial charge < -0.3 is 10.4 Å². The number of aliphatic hydroxyl groups excluding tert-OH is 1. The standard InChI is InChI=1S/C8H14N2OS/c1-6(11)3-4-9-8-10-5-7(2)12-8/h5-6,11H,3-4H2,1-2H3,(H,9,10)/t6-/m1/s1. The number of hydrogen-bond acceptors (Lipinski definition) is 4. The zero-order valence-corrected chi connectivity index (χ0v) is 8.19. The first-order chi connectivity index (χ1) is 5.68. The Hall–Kier alpha value is -0.610. The molecule has 4 heteroatoms. The average Bonchev–Trinajstić information content (AvgIpc) is 2.35. The summed E-state index contributed by atoms with van der Waals surface area (Å²) < 4.78 is 0. The van der Waals surface area contributed by atoms with E-state index in [-0.39, 0.29) is 6.10 Å². The summed E-state index contributed by atoms with van der Waals surface area (Å²) in [6.45, 7) is 4.59. The maximum Gasteiger partial charge on any atom is 0.182 e. The third kappa shape index (κ3) is 3.19. The van der Waals surface area contributed by atoms with E-state index in [1.807, 2.05) is 13.1 Å². The fraction of sp³-hybridized carbons (Fsp3) is 0.625. The number of rotatable bonds is 4. The summed E-state index contributed by atoms with van der Waals surface area (Å²) >= 11 is 1.64. The van der Waals surface area contributed by atoms with Crippen LogP contribution in [0.2, 0.25) is 0 Å². The third-order valence-electron chi connectivity index (χ3n) is 1.46. The number of aliphatic hydroxyl groups is 1. The highest BCUT2D eigenvalue weighted by Gasteiger charge is 1.98. The third-order valence-corrected chi connectivity index (χ3v) is 2.33. The first-order valence-corrected chi connectivity index (χ1v) is 4.84. The van der Waals surface area contributed by atoms with E-state index in [0.29, 0.717) is 0 Å². The minimum Gasteiger partial charge on any atom is -0.393 e. The number of hydrogen-bond donors (Lipinski definition) is 2. The molecule has 0 spiro atoms. The molecule has 3 nitrogen and oxygen atoms in total. The second kappa shape index (κ2) is 4.42. The Morgan fingerprint density at radius 3 is 3.00 bits per heavy atom. The van der Waals surface area contributed by atoms with E-state index in [1.165, 1.54) is 4.88 Å². The first-order valence-electron chi connectivity index (χ1n) is 4.03. The van der Waals surface area contributed by atoms with Crippen molar-refractivity contribution >= 4 is 16.5 Å². The van der Waals surface area contributed by atoms with Crippen molar-refractivity contribution in [3.8, 4) is 0 Å². The molecule has 0 saturated carbocycles. The van der Waals surface area contributed by atoms with Gasteiger partial charge in [0, 0.05) is 17.6 Å². The Labute approximate surface area is 76.5 Å². The van der Waals surface area contributed by atoms with Crippen LogP contribution in [0.5, 0.6) is 0 Å². The Morgan fingerprint density at radius 1 is 1.75 bits per heavy atom. The smallest absolute Gasteiger partial charge is 0.182 e. The van der Waals surface area contributed by atoms with Crippen molar-refractivity contribution in [2.45, 2.75) is 26.4 Å². The van der Waals surface area contributed by atoms with E-state index in [0.717, 1.165) is 18.1 Å². The van der Waals surface area contributed by atoms with Crippen LogP contribution in [0.3, 0.4) is 0 Å². The first kappa shape index (κ1) is 9.48. The van der Waals surface area contributed by atoms with Crippen molar-refractivity contribution in [2.24, 2.45) is 0 Å². The van der Waals surface area contributed by atoms with E-state index in [9.17, 15) is 0 Å². The Balaban J connectivity index is 2.24. The molecule has 0 aromatic carbocycles. The van der Waals surface area contributed by atoms with Crippen LogP contribution in [0, 0.1) is 6.92 Å². The van der Waals surface area contributed by atoms with E-state index < -0.39 is 0 Å². The van der Waals surface area contributed by atoms with Gasteiger partial charge in [-0.15, -0.1) is 11.3 Å². The molecule has 1 atom stereocenters. The lowest BCUT2D eigenvalue weighted by molar-refractivity contribution is 0.189. The van der Waals surface area contributed by atoms with Crippen LogP contribution in [0.1, 0.15) is 18.2 Å². The summed E-state index contributed by atoms with van der Waals surface area (Å²) in [4.78, 5) is 5.34. The molecule has 68 valence electrons. The number of nitrogens with one attached hydrogen (secondary N) is 1. The van der Waals surface area contributed by atoms with E-state index >= 15 is 0 Å². The number of aromatic nitrogens is 1. The molecule has 0 bridgehead atoms. The second-order valence-electron chi connectivity index (χ2n) is 2.84. The van der Waals surface area contributed by atoms with Crippen molar-refractivity contribution in [1.29, 1.82) is 0 Å². The summed E-state index contributed by atoms with van der Waals surface area (Å²) in [6, 6.07) is 0. The topological polar surface area (TPSA) is 45.2 Å². The minimum absolute atomic E-state index is 0.237. The lowest BCUT2D eigenvalue weighted by Crippen LogP contribution is -2.09. The zero-order chi connectivity index (χ0) is 8.97. The van der Waals surface area contributed by atoms with Crippen LogP contribution in [0.15, 0.2) is 6.20 Å². The molecule has 1 aromatic heterocycles. The van der Waals surface area contributed by atoms with Gasteiger partial charge in [-0.3, -0.25) is 0 Å². The van der Waals surface area contributed by atoms with Gasteiger partial charge in [0.2, 0.25) is 0 Å². The van der Waals surface area contributed by atoms with E-state index in [2.05, 4.69) is 10.3 Å². The van der Waals surface area contributed by atoms with Crippen LogP contribution in [0.4, 0.5) is 5.13 Å². The van der Waals surface area contributed by atoms with Gasteiger partial charge in [0.25, 0.3) is 0 Å². The predicted octanol–water partition coefficient (Wildman–Crippen LogP) is 1.63. The maximum absolute atomic E-state index is 8.98. The van der Waals surface area contributed by atoms with Gasteiger partial charge in [0.15, 0.2) is 5.13 Å². The summed E-state index contributed by atoms with van der Waals surface area (Å²) in [5, 5.41) is 13.1. The minimum atomic E-state index is -0.237. The lowest BCUT2D eigenvalue weighted by atomic mass is 10.3. The van der Waals surface area contributed by atoms with Crippen LogP contribution in [-0.2, 0) is 0 Å². The monoisotopic (exact) mass is 186 g/mol. The summed E-state index contributed by atoms with van der Waals surface area (Å²) in [7, 11) is 0. The van der Waals surface area contributed by atoms with Gasteiger partial charge in [0.05, 0.1) is 6.10 Å². The van der Waals surface area contributed by atoms with Gasteiger partial charge in [-0.05, 0) is 20.3 Å². The highest BCUT2D eigenvalue weighted by atomic mass is 32.1. The molecule has 0 aliphatic rings. The molecule has 1 aromatic rings. The van der Waals surface area contributed by atoms with Crippen molar-refractivity contribution in [3.63, 3.8) is 0 Å². The highest BCUT2D eigenvalue weighted by molar-refractivity contribution is 7.15. The Bertz CT molecular complexity index is 235. The number of nitrogens with zero attached hydrogens (tertiary/aromatic N) is 1. The molecular weight excluding hydrogens is 172 g/mol. The van der Waals surface area contributed by atoms with Crippen LogP contribution in [0.25, 0.3) is 0 Å². The molecule has 1 rings (SSSR count). The van der Waals surface area contributed by atoms with Crippen LogP contribution >= 0.6 is 11.3 Å². The summed E-state index contributed by atoms with van der Waals surface area (Å²) in [5.74, 6) is 0. The van der Waals surface area contributed by atoms with Gasteiger partial charge >= 0.3 is 0 Å². The predicted molar refractivity (Wildman–Crippen MR) is 51.6 cm³/mol. The number of anilines is 1. The molecule has 0 fully saturated rings. The van der Waals surface area contributed by atoms with Gasteiger partial charge in [-0.2, -0.15) is 0 Å². The van der Waals surface area contributed by atoms with Gasteiger partial charge in [-0.25, -0.2) is 4.98 Å². The average molecular weight is 186 g/mol. The molecule has 0 unspecified atom stereocenters. The SMILES string of the molecule is Cc1cnc(NCC[C@@H](C)O)s1. The van der Waals surface area contributed by atoms with E-state index in [4.69, 9.17) is 5.11 Å². The largest absolute Gasteiger partial charge is 0.393 e. The fourth-order valence-electron chi connectivity index (χ4n) is 0.824. The molecule has 2 N–H and O–H groups in total. The Kier molecular flexibility index (Phi) is 3.49. The Morgan fingerprint density at radius 2 is 2.50 bits per heavy atom. The number of thiazole rings is 1. The molecule has 0 aliphatic carbocycles. The lowest BCUT2D eigenvalue weighted by Gasteiger charge is -2.03. The molecular formula is C8H14N2OS. The van der Waals surface area contributed by atoms with Gasteiger partial charge in [-0.1, -0.05) is 0 Å². The van der Waals surface area contributed by atoms with Crippen LogP contribution < -0.4 is 5.32 Å². The quantitative estimate of drug-likeness (QED) is 0.751. The molecule has 12 heavy (non-hydrogen) atoms. The summed E-state index contributed by atoms with van der Waals surface area (Å²) in [6.07, 6.45) is 2.37. The fourth-order valence-corrected chi connectivity index (χ4v) is 1.51. The molecule has 0 amide bonds. The maximum atomic E-state index is 8.98. The van der Waals surface area contributed by atoms with Crippen molar-refractivity contribution in [1.82, 2.24) is 4.98 Å². The van der Waals surface area contributed by atoms with E-state index in [1.54, 1.807) is 18.3 Å². The molecule has 0 radical (unpaired) electrons. The highest BCUT2D eigenvalue weighted by Crippen LogP contribution is 2.16. The second-order valence-corrected chi connectivity index (χ2v) is 4.08. The van der Waals surface area contributed by atoms with Crippen molar-refractivity contribution in [3.05, 3.63) is 11.1 Å². The number of aryl methyl sites for hydroxylation is 1. The van der Waals surface area contributed by atoms with Crippen molar-refractivity contribution in [2.75, 3.05) is 11.9 Å².